The number of carbonyl (C=O) groups is 2. The van der Waals surface area contributed by atoms with Crippen LogP contribution >= 0.6 is 11.6 Å². The highest BCUT2D eigenvalue weighted by Gasteiger charge is 2.22. The topological polar surface area (TPSA) is 79.5 Å². The van der Waals surface area contributed by atoms with Crippen LogP contribution in [0.15, 0.2) is 40.8 Å². The third-order valence-electron chi connectivity index (χ3n) is 2.93. The van der Waals surface area contributed by atoms with E-state index in [-0.39, 0.29) is 12.2 Å². The van der Waals surface area contributed by atoms with Gasteiger partial charge in [-0.25, -0.2) is 0 Å². The van der Waals surface area contributed by atoms with Crippen LogP contribution < -0.4 is 5.32 Å². The molecule has 0 radical (unpaired) electrons. The number of rotatable bonds is 5. The van der Waals surface area contributed by atoms with E-state index in [2.05, 4.69) is 5.32 Å². The van der Waals surface area contributed by atoms with Crippen LogP contribution in [-0.4, -0.2) is 17.0 Å². The zero-order valence-corrected chi connectivity index (χ0v) is 12.1. The van der Waals surface area contributed by atoms with Gasteiger partial charge in [0.05, 0.1) is 12.5 Å². The SMILES string of the molecule is Cc1ccc(C(=O)NC(CC(=O)O)c2ccccc2Cl)o1. The number of carboxylic acids is 1. The number of halogens is 1. The smallest absolute Gasteiger partial charge is 0.305 e. The summed E-state index contributed by atoms with van der Waals surface area (Å²) in [7, 11) is 0. The predicted octanol–water partition coefficient (Wildman–Crippen LogP) is 3.19. The Hall–Kier alpha value is -2.27. The van der Waals surface area contributed by atoms with Gasteiger partial charge in [0, 0.05) is 5.02 Å². The molecule has 5 nitrogen and oxygen atoms in total. The van der Waals surface area contributed by atoms with Crippen LogP contribution in [0.4, 0.5) is 0 Å². The van der Waals surface area contributed by atoms with Crippen molar-refractivity contribution >= 4 is 23.5 Å². The number of nitrogens with one attached hydrogen (secondary N) is 1. The summed E-state index contributed by atoms with van der Waals surface area (Å²) in [5.41, 5.74) is 0.554. The van der Waals surface area contributed by atoms with Crippen LogP contribution in [0.3, 0.4) is 0 Å². The highest BCUT2D eigenvalue weighted by Crippen LogP contribution is 2.25. The van der Waals surface area contributed by atoms with E-state index >= 15 is 0 Å². The summed E-state index contributed by atoms with van der Waals surface area (Å²) in [6.45, 7) is 1.72. The molecule has 6 heteroatoms. The van der Waals surface area contributed by atoms with Crippen LogP contribution in [0.5, 0.6) is 0 Å². The quantitative estimate of drug-likeness (QED) is 0.889. The number of hydrogen-bond donors (Lipinski definition) is 2. The summed E-state index contributed by atoms with van der Waals surface area (Å²) in [6, 6.07) is 9.28. The van der Waals surface area contributed by atoms with E-state index in [0.29, 0.717) is 16.3 Å². The van der Waals surface area contributed by atoms with Gasteiger partial charge >= 0.3 is 5.97 Å². The maximum Gasteiger partial charge on any atom is 0.305 e. The molecular weight excluding hydrogens is 294 g/mol. The first kappa shape index (κ1) is 15.1. The molecule has 2 aromatic rings. The standard InChI is InChI=1S/C15H14ClNO4/c1-9-6-7-13(21-9)15(20)17-12(8-14(18)19)10-4-2-3-5-11(10)16/h2-7,12H,8H2,1H3,(H,17,20)(H,18,19). The molecule has 2 rings (SSSR count). The molecule has 0 saturated carbocycles. The molecule has 0 aliphatic heterocycles. The Labute approximate surface area is 126 Å². The van der Waals surface area contributed by atoms with Crippen molar-refractivity contribution in [3.8, 4) is 0 Å². The summed E-state index contributed by atoms with van der Waals surface area (Å²) in [5, 5.41) is 12.0. The third-order valence-corrected chi connectivity index (χ3v) is 3.27. The molecule has 21 heavy (non-hydrogen) atoms. The second-order valence-electron chi connectivity index (χ2n) is 4.56. The monoisotopic (exact) mass is 307 g/mol. The van der Waals surface area contributed by atoms with Gasteiger partial charge in [-0.2, -0.15) is 0 Å². The van der Waals surface area contributed by atoms with E-state index in [0.717, 1.165) is 0 Å². The maximum absolute atomic E-state index is 12.1. The van der Waals surface area contributed by atoms with Gasteiger partial charge in [0.15, 0.2) is 5.76 Å². The first-order valence-electron chi connectivity index (χ1n) is 6.31. The first-order chi connectivity index (χ1) is 9.97. The average molecular weight is 308 g/mol. The van der Waals surface area contributed by atoms with E-state index in [1.54, 1.807) is 37.3 Å². The summed E-state index contributed by atoms with van der Waals surface area (Å²) >= 11 is 6.07. The zero-order chi connectivity index (χ0) is 15.4. The Morgan fingerprint density at radius 1 is 1.29 bits per heavy atom. The molecule has 1 heterocycles. The summed E-state index contributed by atoms with van der Waals surface area (Å²) in [4.78, 5) is 23.1. The fourth-order valence-corrected chi connectivity index (χ4v) is 2.22. The Kier molecular flexibility index (Phi) is 4.65. The molecule has 0 spiro atoms. The maximum atomic E-state index is 12.1. The largest absolute Gasteiger partial charge is 0.481 e. The average Bonchev–Trinajstić information content (AvgIpc) is 2.85. The van der Waals surface area contributed by atoms with Crippen molar-refractivity contribution in [3.63, 3.8) is 0 Å². The summed E-state index contributed by atoms with van der Waals surface area (Å²) in [6.07, 6.45) is -0.269. The Balaban J connectivity index is 2.23. The van der Waals surface area contributed by atoms with Crippen molar-refractivity contribution in [1.82, 2.24) is 5.32 Å². The van der Waals surface area contributed by atoms with Crippen molar-refractivity contribution in [2.45, 2.75) is 19.4 Å². The summed E-state index contributed by atoms with van der Waals surface area (Å²) < 4.78 is 5.22. The normalized spacial score (nSPS) is 11.9. The van der Waals surface area contributed by atoms with E-state index in [9.17, 15) is 9.59 Å². The van der Waals surface area contributed by atoms with Gasteiger partial charge < -0.3 is 14.8 Å². The van der Waals surface area contributed by atoms with Crippen molar-refractivity contribution in [2.75, 3.05) is 0 Å². The number of benzene rings is 1. The molecule has 0 aliphatic carbocycles. The molecule has 110 valence electrons. The molecule has 1 aromatic carbocycles. The van der Waals surface area contributed by atoms with Gasteiger partial charge in [0.25, 0.3) is 5.91 Å². The molecule has 1 atom stereocenters. The number of carboxylic acid groups (broad SMARTS) is 1. The lowest BCUT2D eigenvalue weighted by atomic mass is 10.0. The zero-order valence-electron chi connectivity index (χ0n) is 11.3. The van der Waals surface area contributed by atoms with Crippen molar-refractivity contribution < 1.29 is 19.1 Å². The molecule has 0 saturated heterocycles. The van der Waals surface area contributed by atoms with Gasteiger partial charge in [-0.15, -0.1) is 0 Å². The van der Waals surface area contributed by atoms with Crippen LogP contribution in [0.25, 0.3) is 0 Å². The van der Waals surface area contributed by atoms with Crippen molar-refractivity contribution in [1.29, 1.82) is 0 Å². The number of carbonyl (C=O) groups excluding carboxylic acids is 1. The Bertz CT molecular complexity index is 665. The van der Waals surface area contributed by atoms with Crippen LogP contribution in [0.2, 0.25) is 5.02 Å². The molecule has 0 bridgehead atoms. The minimum Gasteiger partial charge on any atom is -0.481 e. The second kappa shape index (κ2) is 6.45. The van der Waals surface area contributed by atoms with E-state index in [1.165, 1.54) is 6.07 Å². The van der Waals surface area contributed by atoms with E-state index in [1.807, 2.05) is 0 Å². The van der Waals surface area contributed by atoms with Gasteiger partial charge in [0.2, 0.25) is 0 Å². The molecule has 0 aliphatic rings. The van der Waals surface area contributed by atoms with Crippen LogP contribution in [0.1, 0.15) is 34.3 Å². The highest BCUT2D eigenvalue weighted by atomic mass is 35.5. The fraction of sp³-hybridized carbons (Fsp3) is 0.200. The molecular formula is C15H14ClNO4. The molecule has 1 amide bonds. The van der Waals surface area contributed by atoms with Crippen LogP contribution in [0, 0.1) is 6.92 Å². The first-order valence-corrected chi connectivity index (χ1v) is 6.68. The minimum atomic E-state index is -1.03. The van der Waals surface area contributed by atoms with Crippen LogP contribution in [-0.2, 0) is 4.79 Å². The van der Waals surface area contributed by atoms with Crippen molar-refractivity contribution in [3.05, 3.63) is 58.5 Å². The van der Waals surface area contributed by atoms with Crippen molar-refractivity contribution in [2.24, 2.45) is 0 Å². The van der Waals surface area contributed by atoms with Gasteiger partial charge in [-0.05, 0) is 30.7 Å². The number of aliphatic carboxylic acids is 1. The number of aryl methyl sites for hydroxylation is 1. The second-order valence-corrected chi connectivity index (χ2v) is 4.96. The number of furan rings is 1. The molecule has 2 N–H and O–H groups in total. The highest BCUT2D eigenvalue weighted by molar-refractivity contribution is 6.31. The summed E-state index contributed by atoms with van der Waals surface area (Å²) in [5.74, 6) is -0.771. The number of amides is 1. The van der Waals surface area contributed by atoms with E-state index in [4.69, 9.17) is 21.1 Å². The lowest BCUT2D eigenvalue weighted by molar-refractivity contribution is -0.137. The minimum absolute atomic E-state index is 0.134. The molecule has 1 unspecified atom stereocenters. The van der Waals surface area contributed by atoms with Gasteiger partial charge in [-0.1, -0.05) is 29.8 Å². The predicted molar refractivity (Wildman–Crippen MR) is 77.4 cm³/mol. The van der Waals surface area contributed by atoms with E-state index < -0.39 is 17.9 Å². The Morgan fingerprint density at radius 2 is 2.00 bits per heavy atom. The fourth-order valence-electron chi connectivity index (χ4n) is 1.96. The Morgan fingerprint density at radius 3 is 2.57 bits per heavy atom. The lowest BCUT2D eigenvalue weighted by Gasteiger charge is -2.18. The third kappa shape index (κ3) is 3.86. The molecule has 1 aromatic heterocycles. The lowest BCUT2D eigenvalue weighted by Crippen LogP contribution is -2.30. The van der Waals surface area contributed by atoms with Gasteiger partial charge in [0.1, 0.15) is 5.76 Å². The van der Waals surface area contributed by atoms with Gasteiger partial charge in [-0.3, -0.25) is 9.59 Å². The molecule has 0 fully saturated rings. The number of hydrogen-bond acceptors (Lipinski definition) is 3.